The van der Waals surface area contributed by atoms with Crippen molar-refractivity contribution in [2.24, 2.45) is 0 Å². The molecule has 0 bridgehead atoms. The van der Waals surface area contributed by atoms with Gasteiger partial charge in [0.05, 0.1) is 0 Å². The van der Waals surface area contributed by atoms with Crippen molar-refractivity contribution in [3.63, 3.8) is 0 Å². The van der Waals surface area contributed by atoms with Gasteiger partial charge < -0.3 is 9.13 Å². The van der Waals surface area contributed by atoms with Crippen LogP contribution in [-0.2, 0) is 9.13 Å². The van der Waals surface area contributed by atoms with Crippen LogP contribution in [0.4, 0.5) is 0 Å². The molecule has 0 aliphatic rings. The molecule has 1 atom stereocenters. The first-order valence-corrected chi connectivity index (χ1v) is 16.3. The van der Waals surface area contributed by atoms with Crippen molar-refractivity contribution in [1.82, 2.24) is 0 Å². The molecule has 34 heavy (non-hydrogen) atoms. The molecule has 5 heteroatoms. The van der Waals surface area contributed by atoms with E-state index in [9.17, 15) is 4.57 Å². The summed E-state index contributed by atoms with van der Waals surface area (Å²) in [7, 11) is -6.14. The number of hydrogen-bond acceptors (Lipinski definition) is 2. The highest BCUT2D eigenvalue weighted by atomic mass is 79.9. The van der Waals surface area contributed by atoms with Gasteiger partial charge in [-0.1, -0.05) is 137 Å². The predicted molar refractivity (Wildman–Crippen MR) is 151 cm³/mol. The Morgan fingerprint density at radius 2 is 0.912 bits per heavy atom. The molecule has 0 radical (unpaired) electrons. The third kappa shape index (κ3) is 5.23. The minimum absolute atomic E-state index is 0.263. The number of benzene rings is 4. The molecule has 1 unspecified atom stereocenters. The lowest BCUT2D eigenvalue weighted by atomic mass is 10.3. The zero-order chi connectivity index (χ0) is 23.9. The SMILES string of the molecule is O=P(CC(CCCBr)P(=O)(c1ccccc1)c1ccccc1)(c1ccccc1)c1ccccc1. The van der Waals surface area contributed by atoms with Crippen molar-refractivity contribution >= 4 is 51.4 Å². The highest BCUT2D eigenvalue weighted by molar-refractivity contribution is 9.09. The van der Waals surface area contributed by atoms with Gasteiger partial charge in [0, 0.05) is 38.4 Å². The van der Waals surface area contributed by atoms with E-state index in [1.54, 1.807) is 0 Å². The topological polar surface area (TPSA) is 34.1 Å². The van der Waals surface area contributed by atoms with Crippen LogP contribution >= 0.6 is 30.2 Å². The molecule has 0 N–H and O–H groups in total. The molecule has 174 valence electrons. The minimum atomic E-state index is -3.09. The Bertz CT molecular complexity index is 1180. The van der Waals surface area contributed by atoms with E-state index in [2.05, 4.69) is 15.9 Å². The number of alkyl halides is 1. The van der Waals surface area contributed by atoms with Crippen LogP contribution in [0.1, 0.15) is 12.8 Å². The quantitative estimate of drug-likeness (QED) is 0.165. The standard InChI is InChI=1S/C29H29BrO2P2/c30-23-13-22-29(34(32,27-18-9-3-10-19-27)28-20-11-4-12-21-28)24-33(31,25-14-5-1-6-15-25)26-16-7-2-8-17-26/h1-12,14-21,29H,13,22-24H2. The summed E-state index contributed by atoms with van der Waals surface area (Å²) in [6.45, 7) is 0. The maximum absolute atomic E-state index is 15.2. The zero-order valence-electron chi connectivity index (χ0n) is 19.0. The normalized spacial score (nSPS) is 12.9. The van der Waals surface area contributed by atoms with Crippen molar-refractivity contribution in [3.8, 4) is 0 Å². The first-order chi connectivity index (χ1) is 16.6. The Kier molecular flexibility index (Phi) is 8.43. The van der Waals surface area contributed by atoms with Gasteiger partial charge in [0.25, 0.3) is 0 Å². The van der Waals surface area contributed by atoms with E-state index < -0.39 is 14.3 Å². The third-order valence-corrected chi connectivity index (χ3v) is 13.9. The van der Waals surface area contributed by atoms with Crippen LogP contribution in [0, 0.1) is 0 Å². The summed E-state index contributed by atoms with van der Waals surface area (Å²) in [6.07, 6.45) is 1.93. The Morgan fingerprint density at radius 3 is 1.26 bits per heavy atom. The summed E-state index contributed by atoms with van der Waals surface area (Å²) < 4.78 is 30.2. The van der Waals surface area contributed by atoms with Crippen LogP contribution in [0.3, 0.4) is 0 Å². The second-order valence-electron chi connectivity index (χ2n) is 8.41. The average molecular weight is 551 g/mol. The lowest BCUT2D eigenvalue weighted by molar-refractivity contribution is 0.568. The summed E-state index contributed by atoms with van der Waals surface area (Å²) in [5.74, 6) is 0. The van der Waals surface area contributed by atoms with Crippen LogP contribution in [0.15, 0.2) is 121 Å². The van der Waals surface area contributed by atoms with Gasteiger partial charge in [0.15, 0.2) is 0 Å². The van der Waals surface area contributed by atoms with Crippen molar-refractivity contribution < 1.29 is 9.13 Å². The Balaban J connectivity index is 1.90. The maximum Gasteiger partial charge on any atom is 0.146 e. The molecule has 4 rings (SSSR count). The molecule has 0 saturated heterocycles. The van der Waals surface area contributed by atoms with E-state index in [1.165, 1.54) is 0 Å². The summed E-state index contributed by atoms with van der Waals surface area (Å²) in [5, 5.41) is 4.10. The van der Waals surface area contributed by atoms with Crippen LogP contribution in [0.2, 0.25) is 0 Å². The van der Waals surface area contributed by atoms with Crippen LogP contribution in [0.5, 0.6) is 0 Å². The fourth-order valence-electron chi connectivity index (χ4n) is 4.56. The predicted octanol–water partition coefficient (Wildman–Crippen LogP) is 6.56. The number of halogens is 1. The van der Waals surface area contributed by atoms with Crippen molar-refractivity contribution in [2.75, 3.05) is 11.5 Å². The molecule has 0 saturated carbocycles. The van der Waals surface area contributed by atoms with Crippen LogP contribution < -0.4 is 21.2 Å². The largest absolute Gasteiger partial charge is 0.314 e. The molecule has 0 heterocycles. The minimum Gasteiger partial charge on any atom is -0.314 e. The van der Waals surface area contributed by atoms with Gasteiger partial charge >= 0.3 is 0 Å². The van der Waals surface area contributed by atoms with E-state index >= 15 is 4.57 Å². The fourth-order valence-corrected chi connectivity index (χ4v) is 12.2. The molecule has 4 aromatic carbocycles. The second kappa shape index (κ2) is 11.5. The van der Waals surface area contributed by atoms with E-state index in [0.717, 1.165) is 39.4 Å². The molecule has 0 aliphatic carbocycles. The van der Waals surface area contributed by atoms with E-state index in [1.807, 2.05) is 121 Å². The maximum atomic E-state index is 15.2. The zero-order valence-corrected chi connectivity index (χ0v) is 22.4. The van der Waals surface area contributed by atoms with Gasteiger partial charge in [-0.2, -0.15) is 0 Å². The summed E-state index contributed by atoms with van der Waals surface area (Å²) in [5.41, 5.74) is -0.263. The lowest BCUT2D eigenvalue weighted by Crippen LogP contribution is -2.32. The Hall–Kier alpha value is -2.18. The van der Waals surface area contributed by atoms with Crippen LogP contribution in [0.25, 0.3) is 0 Å². The first kappa shape index (κ1) is 24.9. The van der Waals surface area contributed by atoms with Gasteiger partial charge in [0.1, 0.15) is 14.3 Å². The van der Waals surface area contributed by atoms with E-state index in [-0.39, 0.29) is 5.66 Å². The van der Waals surface area contributed by atoms with E-state index in [0.29, 0.717) is 6.16 Å². The highest BCUT2D eigenvalue weighted by Crippen LogP contribution is 2.57. The molecule has 4 aromatic rings. The molecule has 0 spiro atoms. The smallest absolute Gasteiger partial charge is 0.146 e. The molecular formula is C29H29BrO2P2. The summed E-state index contributed by atoms with van der Waals surface area (Å²) in [4.78, 5) is 0. The molecule has 0 amide bonds. The van der Waals surface area contributed by atoms with Crippen molar-refractivity contribution in [2.45, 2.75) is 18.5 Å². The van der Waals surface area contributed by atoms with Crippen LogP contribution in [-0.4, -0.2) is 17.2 Å². The van der Waals surface area contributed by atoms with Gasteiger partial charge in [-0.25, -0.2) is 0 Å². The molecule has 0 aliphatic heterocycles. The monoisotopic (exact) mass is 550 g/mol. The molecule has 2 nitrogen and oxygen atoms in total. The molecule has 0 aromatic heterocycles. The number of rotatable bonds is 10. The Labute approximate surface area is 211 Å². The number of hydrogen-bond donors (Lipinski definition) is 0. The lowest BCUT2D eigenvalue weighted by Gasteiger charge is -2.32. The van der Waals surface area contributed by atoms with Gasteiger partial charge in [-0.05, 0) is 12.8 Å². The fraction of sp³-hybridized carbons (Fsp3) is 0.172. The molecule has 0 fully saturated rings. The van der Waals surface area contributed by atoms with Gasteiger partial charge in [-0.15, -0.1) is 0 Å². The van der Waals surface area contributed by atoms with Crippen molar-refractivity contribution in [3.05, 3.63) is 121 Å². The van der Waals surface area contributed by atoms with Gasteiger partial charge in [-0.3, -0.25) is 0 Å². The third-order valence-electron chi connectivity index (χ3n) is 6.28. The summed E-state index contributed by atoms with van der Waals surface area (Å²) in [6, 6.07) is 39.0. The highest BCUT2D eigenvalue weighted by Gasteiger charge is 2.41. The van der Waals surface area contributed by atoms with Gasteiger partial charge in [0.2, 0.25) is 0 Å². The summed E-state index contributed by atoms with van der Waals surface area (Å²) >= 11 is 3.57. The average Bonchev–Trinajstić information content (AvgIpc) is 2.92. The molecular weight excluding hydrogens is 522 g/mol. The Morgan fingerprint density at radius 1 is 0.559 bits per heavy atom. The first-order valence-electron chi connectivity index (χ1n) is 11.6. The second-order valence-corrected chi connectivity index (χ2v) is 15.2. The van der Waals surface area contributed by atoms with E-state index in [4.69, 9.17) is 0 Å². The van der Waals surface area contributed by atoms with Crippen molar-refractivity contribution in [1.29, 1.82) is 0 Å².